The lowest BCUT2D eigenvalue weighted by Crippen LogP contribution is -2.20. The highest BCUT2D eigenvalue weighted by Gasteiger charge is 2.16. The van der Waals surface area contributed by atoms with Gasteiger partial charge >= 0.3 is 5.97 Å². The summed E-state index contributed by atoms with van der Waals surface area (Å²) in [6.07, 6.45) is 1.44. The third kappa shape index (κ3) is 2.73. The maximum Gasteiger partial charge on any atom is 0.343 e. The number of ether oxygens (including phenoxy) is 1. The second kappa shape index (κ2) is 6.04. The highest BCUT2D eigenvalue weighted by atomic mass is 19.1. The van der Waals surface area contributed by atoms with Crippen LogP contribution in [0.1, 0.15) is 17.3 Å². The summed E-state index contributed by atoms with van der Waals surface area (Å²) >= 11 is 0. The molecule has 3 aromatic rings. The molecule has 0 atom stereocenters. The van der Waals surface area contributed by atoms with E-state index in [0.29, 0.717) is 16.6 Å². The molecule has 23 heavy (non-hydrogen) atoms. The Hall–Kier alpha value is -2.95. The van der Waals surface area contributed by atoms with Crippen LogP contribution in [0.4, 0.5) is 4.39 Å². The molecular formula is C18H14FNO3. The van der Waals surface area contributed by atoms with Gasteiger partial charge in [0.2, 0.25) is 5.43 Å². The van der Waals surface area contributed by atoms with Crippen LogP contribution in [0.25, 0.3) is 16.6 Å². The van der Waals surface area contributed by atoms with Crippen molar-refractivity contribution < 1.29 is 13.9 Å². The van der Waals surface area contributed by atoms with Gasteiger partial charge in [-0.05, 0) is 43.3 Å². The quantitative estimate of drug-likeness (QED) is 0.697. The van der Waals surface area contributed by atoms with Gasteiger partial charge in [-0.25, -0.2) is 9.18 Å². The van der Waals surface area contributed by atoms with Crippen LogP contribution >= 0.6 is 0 Å². The lowest BCUT2D eigenvalue weighted by molar-refractivity contribution is 0.0524. The number of hydrogen-bond donors (Lipinski definition) is 0. The summed E-state index contributed by atoms with van der Waals surface area (Å²) in [6.45, 7) is 1.86. The molecule has 0 radical (unpaired) electrons. The molecule has 116 valence electrons. The molecule has 0 saturated carbocycles. The number of pyridine rings is 1. The Kier molecular flexibility index (Phi) is 3.93. The molecule has 2 aromatic carbocycles. The van der Waals surface area contributed by atoms with Gasteiger partial charge in [0.25, 0.3) is 0 Å². The van der Waals surface area contributed by atoms with E-state index in [1.54, 1.807) is 47.9 Å². The van der Waals surface area contributed by atoms with Gasteiger partial charge in [-0.1, -0.05) is 12.1 Å². The molecule has 0 aliphatic carbocycles. The number of rotatable bonds is 3. The van der Waals surface area contributed by atoms with Crippen molar-refractivity contribution in [2.24, 2.45) is 0 Å². The van der Waals surface area contributed by atoms with E-state index in [4.69, 9.17) is 4.74 Å². The van der Waals surface area contributed by atoms with Crippen LogP contribution in [0.5, 0.6) is 0 Å². The monoisotopic (exact) mass is 311 g/mol. The number of halogens is 1. The Morgan fingerprint density at radius 1 is 1.13 bits per heavy atom. The number of fused-ring (bicyclic) bond motifs is 1. The molecule has 0 saturated heterocycles. The highest BCUT2D eigenvalue weighted by Crippen LogP contribution is 2.18. The molecule has 0 bridgehead atoms. The summed E-state index contributed by atoms with van der Waals surface area (Å²) in [7, 11) is 0. The number of carbonyl (C=O) groups excluding carboxylic acids is 1. The second-order valence-corrected chi connectivity index (χ2v) is 4.96. The average molecular weight is 311 g/mol. The van der Waals surface area contributed by atoms with Crippen LogP contribution in [0.3, 0.4) is 0 Å². The molecule has 0 fully saturated rings. The van der Waals surface area contributed by atoms with Crippen molar-refractivity contribution in [1.82, 2.24) is 4.57 Å². The molecule has 0 amide bonds. The number of carbonyl (C=O) groups is 1. The fraction of sp³-hybridized carbons (Fsp3) is 0.111. The summed E-state index contributed by atoms with van der Waals surface area (Å²) in [5, 5.41) is 0.405. The Morgan fingerprint density at radius 2 is 1.83 bits per heavy atom. The van der Waals surface area contributed by atoms with E-state index in [1.807, 2.05) is 0 Å². The first-order valence-electron chi connectivity index (χ1n) is 7.19. The van der Waals surface area contributed by atoms with Gasteiger partial charge in [0.15, 0.2) is 0 Å². The Bertz CT molecular complexity index is 929. The summed E-state index contributed by atoms with van der Waals surface area (Å²) in [5.74, 6) is -1.02. The van der Waals surface area contributed by atoms with Gasteiger partial charge in [0.1, 0.15) is 11.4 Å². The zero-order chi connectivity index (χ0) is 16.4. The van der Waals surface area contributed by atoms with Crippen molar-refractivity contribution in [1.29, 1.82) is 0 Å². The van der Waals surface area contributed by atoms with Crippen molar-refractivity contribution >= 4 is 16.9 Å². The molecule has 1 heterocycles. The van der Waals surface area contributed by atoms with E-state index in [0.717, 1.165) is 0 Å². The topological polar surface area (TPSA) is 48.3 Å². The van der Waals surface area contributed by atoms with Crippen molar-refractivity contribution in [3.05, 3.63) is 76.3 Å². The molecule has 0 spiro atoms. The maximum absolute atomic E-state index is 13.2. The van der Waals surface area contributed by atoms with E-state index in [2.05, 4.69) is 0 Å². The smallest absolute Gasteiger partial charge is 0.343 e. The fourth-order valence-electron chi connectivity index (χ4n) is 2.45. The average Bonchev–Trinajstić information content (AvgIpc) is 2.57. The predicted molar refractivity (Wildman–Crippen MR) is 85.5 cm³/mol. The second-order valence-electron chi connectivity index (χ2n) is 4.96. The summed E-state index contributed by atoms with van der Waals surface area (Å²) in [4.78, 5) is 24.6. The molecule has 3 rings (SSSR count). The van der Waals surface area contributed by atoms with E-state index in [9.17, 15) is 14.0 Å². The van der Waals surface area contributed by atoms with Crippen LogP contribution in [0.2, 0.25) is 0 Å². The van der Waals surface area contributed by atoms with Gasteiger partial charge in [-0.2, -0.15) is 0 Å². The summed E-state index contributed by atoms with van der Waals surface area (Å²) in [6, 6.07) is 12.8. The van der Waals surface area contributed by atoms with Gasteiger partial charge in [0.05, 0.1) is 12.1 Å². The van der Waals surface area contributed by atoms with E-state index < -0.39 is 5.97 Å². The standard InChI is InChI=1S/C18H14FNO3/c1-2-23-18(22)15-11-20(13-9-7-12(19)8-10-13)16-6-4-3-5-14(16)17(15)21/h3-11H,2H2,1H3. The number of benzene rings is 2. The first-order chi connectivity index (χ1) is 11.1. The minimum absolute atomic E-state index is 0.0464. The van der Waals surface area contributed by atoms with Crippen molar-refractivity contribution in [2.75, 3.05) is 6.61 Å². The predicted octanol–water partition coefficient (Wildman–Crippen LogP) is 3.31. The summed E-state index contributed by atoms with van der Waals surface area (Å²) < 4.78 is 19.8. The van der Waals surface area contributed by atoms with Gasteiger partial charge in [-0.3, -0.25) is 4.79 Å². The number of aromatic nitrogens is 1. The highest BCUT2D eigenvalue weighted by molar-refractivity contribution is 5.94. The Labute approximate surface area is 131 Å². The molecule has 0 aliphatic rings. The van der Waals surface area contributed by atoms with Crippen LogP contribution in [0.15, 0.2) is 59.5 Å². The Balaban J connectivity index is 2.32. The van der Waals surface area contributed by atoms with Crippen molar-refractivity contribution in [2.45, 2.75) is 6.92 Å². The molecule has 0 N–H and O–H groups in total. The maximum atomic E-state index is 13.2. The number of nitrogens with zero attached hydrogens (tertiary/aromatic N) is 1. The van der Waals surface area contributed by atoms with Gasteiger partial charge in [0, 0.05) is 17.3 Å². The summed E-state index contributed by atoms with van der Waals surface area (Å²) in [5.41, 5.74) is 0.859. The first-order valence-corrected chi connectivity index (χ1v) is 7.19. The van der Waals surface area contributed by atoms with Crippen LogP contribution < -0.4 is 5.43 Å². The van der Waals surface area contributed by atoms with Crippen molar-refractivity contribution in [3.8, 4) is 5.69 Å². The molecule has 0 aliphatic heterocycles. The molecular weight excluding hydrogens is 297 g/mol. The fourth-order valence-corrected chi connectivity index (χ4v) is 2.45. The molecule has 4 nitrogen and oxygen atoms in total. The number of hydrogen-bond acceptors (Lipinski definition) is 3. The van der Waals surface area contributed by atoms with Gasteiger partial charge < -0.3 is 9.30 Å². The van der Waals surface area contributed by atoms with E-state index in [1.165, 1.54) is 18.3 Å². The molecule has 5 heteroatoms. The lowest BCUT2D eigenvalue weighted by Gasteiger charge is -2.13. The largest absolute Gasteiger partial charge is 0.462 e. The minimum atomic E-state index is -0.667. The number of para-hydroxylation sites is 1. The van der Waals surface area contributed by atoms with Crippen LogP contribution in [0, 0.1) is 5.82 Å². The van der Waals surface area contributed by atoms with E-state index in [-0.39, 0.29) is 23.4 Å². The minimum Gasteiger partial charge on any atom is -0.462 e. The third-order valence-corrected chi connectivity index (χ3v) is 3.51. The zero-order valence-corrected chi connectivity index (χ0v) is 12.5. The van der Waals surface area contributed by atoms with Crippen molar-refractivity contribution in [3.63, 3.8) is 0 Å². The third-order valence-electron chi connectivity index (χ3n) is 3.51. The SMILES string of the molecule is CCOC(=O)c1cn(-c2ccc(F)cc2)c2ccccc2c1=O. The van der Waals surface area contributed by atoms with Crippen LogP contribution in [-0.2, 0) is 4.74 Å². The first kappa shape index (κ1) is 15.0. The molecule has 1 aromatic heterocycles. The lowest BCUT2D eigenvalue weighted by atomic mass is 10.1. The van der Waals surface area contributed by atoms with Crippen LogP contribution in [-0.4, -0.2) is 17.1 Å². The zero-order valence-electron chi connectivity index (χ0n) is 12.5. The normalized spacial score (nSPS) is 10.7. The van der Waals surface area contributed by atoms with E-state index >= 15 is 0 Å². The number of esters is 1. The van der Waals surface area contributed by atoms with Gasteiger partial charge in [-0.15, -0.1) is 0 Å². The Morgan fingerprint density at radius 3 is 2.52 bits per heavy atom. The molecule has 0 unspecified atom stereocenters.